The average Bonchev–Trinajstić information content (AvgIpc) is 3.21. The fourth-order valence-corrected chi connectivity index (χ4v) is 3.31. The number of nitrogens with zero attached hydrogens (tertiary/aromatic N) is 4. The summed E-state index contributed by atoms with van der Waals surface area (Å²) in [5.74, 6) is -1.54. The predicted molar refractivity (Wildman–Crippen MR) is 102 cm³/mol. The summed E-state index contributed by atoms with van der Waals surface area (Å²) in [7, 11) is 0. The molecule has 0 aromatic carbocycles. The molecule has 1 aliphatic rings. The number of ether oxygens (including phenoxy) is 4. The van der Waals surface area contributed by atoms with Gasteiger partial charge in [0.15, 0.2) is 35.1 Å². The van der Waals surface area contributed by atoms with Crippen molar-refractivity contribution in [3.63, 3.8) is 0 Å². The Morgan fingerprint density at radius 2 is 1.83 bits per heavy atom. The van der Waals surface area contributed by atoms with Crippen molar-refractivity contribution in [2.24, 2.45) is 0 Å². The van der Waals surface area contributed by atoms with E-state index >= 15 is 0 Å². The van der Waals surface area contributed by atoms with Gasteiger partial charge in [-0.05, 0) is 6.08 Å². The number of rotatable bonds is 6. The van der Waals surface area contributed by atoms with Crippen molar-refractivity contribution in [1.29, 1.82) is 0 Å². The third-order valence-corrected chi connectivity index (χ3v) is 4.46. The molecule has 11 nitrogen and oxygen atoms in total. The van der Waals surface area contributed by atoms with Crippen LogP contribution in [0.25, 0.3) is 17.2 Å². The van der Waals surface area contributed by atoms with Crippen molar-refractivity contribution >= 4 is 46.7 Å². The SMILES string of the molecule is C=Cc1nc(Cl)c2ncn([C@@H]3O[C@H](COC(C)=O)[C@@H](OC(C)=O)[C@H]3OC(C)=O)c2n1. The molecule has 1 fully saturated rings. The van der Waals surface area contributed by atoms with Crippen LogP contribution in [-0.2, 0) is 33.3 Å². The molecular formula is C18H19ClN4O7. The highest BCUT2D eigenvalue weighted by Gasteiger charge is 2.51. The molecule has 0 unspecified atom stereocenters. The lowest BCUT2D eigenvalue weighted by Crippen LogP contribution is -2.40. The molecule has 0 spiro atoms. The zero-order valence-electron chi connectivity index (χ0n) is 16.4. The topological polar surface area (TPSA) is 132 Å². The Labute approximate surface area is 175 Å². The Morgan fingerprint density at radius 1 is 1.17 bits per heavy atom. The maximum absolute atomic E-state index is 11.7. The summed E-state index contributed by atoms with van der Waals surface area (Å²) < 4.78 is 23.2. The van der Waals surface area contributed by atoms with E-state index < -0.39 is 42.4 Å². The minimum atomic E-state index is -1.06. The number of carbonyl (C=O) groups is 3. The standard InChI is InChI=1S/C18H19ClN4O7/c1-5-12-21-16(19)13-17(22-12)23(7-20-13)18-15(29-10(4)26)14(28-9(3)25)11(30-18)6-27-8(2)24/h5,7,11,14-15,18H,1,6H2,2-4H3/t11-,14-,15-,18-/m1/s1. The van der Waals surface area contributed by atoms with E-state index in [1.54, 1.807) is 0 Å². The van der Waals surface area contributed by atoms with E-state index in [9.17, 15) is 14.4 Å². The minimum absolute atomic E-state index is 0.101. The summed E-state index contributed by atoms with van der Waals surface area (Å²) >= 11 is 6.16. The molecule has 1 aliphatic heterocycles. The Kier molecular flexibility index (Phi) is 6.32. The molecule has 160 valence electrons. The molecule has 30 heavy (non-hydrogen) atoms. The number of aromatic nitrogens is 4. The lowest BCUT2D eigenvalue weighted by Gasteiger charge is -2.23. The Morgan fingerprint density at radius 3 is 2.43 bits per heavy atom. The quantitative estimate of drug-likeness (QED) is 0.370. The molecule has 0 aliphatic carbocycles. The molecule has 0 N–H and O–H groups in total. The first-order valence-corrected chi connectivity index (χ1v) is 9.24. The van der Waals surface area contributed by atoms with Crippen molar-refractivity contribution in [2.45, 2.75) is 45.3 Å². The van der Waals surface area contributed by atoms with Crippen LogP contribution in [-0.4, -0.2) is 62.3 Å². The van der Waals surface area contributed by atoms with Gasteiger partial charge in [-0.3, -0.25) is 19.0 Å². The molecule has 2 aromatic rings. The van der Waals surface area contributed by atoms with E-state index in [4.69, 9.17) is 30.5 Å². The van der Waals surface area contributed by atoms with Crippen LogP contribution in [0.1, 0.15) is 32.8 Å². The molecule has 1 saturated heterocycles. The third-order valence-electron chi connectivity index (χ3n) is 4.19. The monoisotopic (exact) mass is 438 g/mol. The number of fused-ring (bicyclic) bond motifs is 1. The first-order valence-electron chi connectivity index (χ1n) is 8.87. The summed E-state index contributed by atoms with van der Waals surface area (Å²) in [5.41, 5.74) is 0.585. The zero-order valence-corrected chi connectivity index (χ0v) is 17.2. The van der Waals surface area contributed by atoms with Crippen LogP contribution in [0.3, 0.4) is 0 Å². The van der Waals surface area contributed by atoms with Gasteiger partial charge >= 0.3 is 17.9 Å². The van der Waals surface area contributed by atoms with Crippen LogP contribution in [0.4, 0.5) is 0 Å². The molecule has 0 bridgehead atoms. The van der Waals surface area contributed by atoms with Crippen molar-refractivity contribution in [3.05, 3.63) is 23.9 Å². The van der Waals surface area contributed by atoms with Gasteiger partial charge in [0.25, 0.3) is 0 Å². The van der Waals surface area contributed by atoms with E-state index in [-0.39, 0.29) is 17.6 Å². The van der Waals surface area contributed by atoms with Crippen molar-refractivity contribution in [1.82, 2.24) is 19.5 Å². The van der Waals surface area contributed by atoms with E-state index in [2.05, 4.69) is 21.5 Å². The van der Waals surface area contributed by atoms with Gasteiger partial charge in [0, 0.05) is 20.8 Å². The molecule has 0 amide bonds. The van der Waals surface area contributed by atoms with Crippen molar-refractivity contribution in [2.75, 3.05) is 6.61 Å². The number of halogens is 1. The maximum Gasteiger partial charge on any atom is 0.303 e. The Balaban J connectivity index is 2.06. The van der Waals surface area contributed by atoms with Gasteiger partial charge in [-0.2, -0.15) is 0 Å². The van der Waals surface area contributed by atoms with Crippen molar-refractivity contribution < 1.29 is 33.3 Å². The lowest BCUT2D eigenvalue weighted by molar-refractivity contribution is -0.166. The zero-order chi connectivity index (χ0) is 22.0. The van der Waals surface area contributed by atoms with Crippen LogP contribution < -0.4 is 0 Å². The molecule has 0 radical (unpaired) electrons. The minimum Gasteiger partial charge on any atom is -0.463 e. The molecule has 3 rings (SSSR count). The van der Waals surface area contributed by atoms with E-state index in [0.29, 0.717) is 11.2 Å². The largest absolute Gasteiger partial charge is 0.463 e. The molecule has 4 atom stereocenters. The number of imidazole rings is 1. The highest BCUT2D eigenvalue weighted by Crippen LogP contribution is 2.36. The summed E-state index contributed by atoms with van der Waals surface area (Å²) in [6, 6.07) is 0. The van der Waals surface area contributed by atoms with Gasteiger partial charge in [-0.25, -0.2) is 15.0 Å². The normalized spacial score (nSPS) is 23.2. The first-order chi connectivity index (χ1) is 14.2. The molecular weight excluding hydrogens is 420 g/mol. The van der Waals surface area contributed by atoms with Gasteiger partial charge in [0.2, 0.25) is 0 Å². The first kappa shape index (κ1) is 21.7. The molecule has 0 saturated carbocycles. The number of hydrogen-bond acceptors (Lipinski definition) is 10. The second-order valence-electron chi connectivity index (χ2n) is 6.42. The van der Waals surface area contributed by atoms with Gasteiger partial charge in [-0.1, -0.05) is 18.2 Å². The number of carbonyl (C=O) groups excluding carboxylic acids is 3. The second kappa shape index (κ2) is 8.76. The van der Waals surface area contributed by atoms with E-state index in [1.165, 1.54) is 37.7 Å². The fourth-order valence-electron chi connectivity index (χ4n) is 3.09. The summed E-state index contributed by atoms with van der Waals surface area (Å²) in [6.07, 6.45) is -1.20. The van der Waals surface area contributed by atoms with Crippen LogP contribution in [0.15, 0.2) is 12.9 Å². The van der Waals surface area contributed by atoms with E-state index in [1.807, 2.05) is 0 Å². The summed E-state index contributed by atoms with van der Waals surface area (Å²) in [5, 5.41) is 0.101. The average molecular weight is 439 g/mol. The highest BCUT2D eigenvalue weighted by molar-refractivity contribution is 6.33. The summed E-state index contributed by atoms with van der Waals surface area (Å²) in [6.45, 7) is 7.05. The number of esters is 3. The van der Waals surface area contributed by atoms with Gasteiger partial charge in [0.1, 0.15) is 18.2 Å². The fraction of sp³-hybridized carbons (Fsp3) is 0.444. The molecule has 12 heteroatoms. The Bertz CT molecular complexity index is 1010. The predicted octanol–water partition coefficient (Wildman–Crippen LogP) is 1.45. The van der Waals surface area contributed by atoms with Gasteiger partial charge in [-0.15, -0.1) is 0 Å². The van der Waals surface area contributed by atoms with Gasteiger partial charge < -0.3 is 18.9 Å². The summed E-state index contributed by atoms with van der Waals surface area (Å²) in [4.78, 5) is 47.2. The van der Waals surface area contributed by atoms with Crippen LogP contribution in [0.5, 0.6) is 0 Å². The molecule has 3 heterocycles. The molecule has 2 aromatic heterocycles. The van der Waals surface area contributed by atoms with Crippen LogP contribution >= 0.6 is 11.6 Å². The number of hydrogen-bond donors (Lipinski definition) is 0. The van der Waals surface area contributed by atoms with Crippen LogP contribution in [0, 0.1) is 0 Å². The van der Waals surface area contributed by atoms with Crippen LogP contribution in [0.2, 0.25) is 5.15 Å². The van der Waals surface area contributed by atoms with E-state index in [0.717, 1.165) is 0 Å². The highest BCUT2D eigenvalue weighted by atomic mass is 35.5. The smallest absolute Gasteiger partial charge is 0.303 e. The third kappa shape index (κ3) is 4.41. The van der Waals surface area contributed by atoms with Gasteiger partial charge in [0.05, 0.1) is 6.33 Å². The lowest BCUT2D eigenvalue weighted by atomic mass is 10.1. The second-order valence-corrected chi connectivity index (χ2v) is 6.77. The van der Waals surface area contributed by atoms with Crippen molar-refractivity contribution in [3.8, 4) is 0 Å². The maximum atomic E-state index is 11.7. The Hall–Kier alpha value is -3.05.